The SMILES string of the molecule is Cc1c([C@H]2Nc3ccccc3C(=O)N2Cc2ccc3c(c2)OCO3)cc(C#N)n1C. The Balaban J connectivity index is 1.58. The van der Waals surface area contributed by atoms with E-state index in [1.165, 1.54) is 0 Å². The van der Waals surface area contributed by atoms with Gasteiger partial charge >= 0.3 is 0 Å². The number of nitrogens with one attached hydrogen (secondary N) is 1. The fourth-order valence-electron chi connectivity index (χ4n) is 4.04. The van der Waals surface area contributed by atoms with Gasteiger partial charge in [-0.2, -0.15) is 5.26 Å². The minimum absolute atomic E-state index is 0.0613. The minimum atomic E-state index is -0.397. The molecule has 1 aromatic heterocycles. The predicted molar refractivity (Wildman–Crippen MR) is 110 cm³/mol. The molecule has 0 spiro atoms. The molecule has 0 aliphatic carbocycles. The Hall–Kier alpha value is -3.92. The van der Waals surface area contributed by atoms with E-state index in [1.54, 1.807) is 4.90 Å². The van der Waals surface area contributed by atoms with Crippen LogP contribution in [0.4, 0.5) is 5.69 Å². The van der Waals surface area contributed by atoms with E-state index in [4.69, 9.17) is 9.47 Å². The molecule has 150 valence electrons. The first kappa shape index (κ1) is 18.1. The summed E-state index contributed by atoms with van der Waals surface area (Å²) in [6, 6.07) is 17.3. The van der Waals surface area contributed by atoms with E-state index in [1.807, 2.05) is 67.1 Å². The van der Waals surface area contributed by atoms with Gasteiger partial charge in [-0.1, -0.05) is 18.2 Å². The number of benzene rings is 2. The van der Waals surface area contributed by atoms with E-state index < -0.39 is 6.17 Å². The fraction of sp³-hybridized carbons (Fsp3) is 0.217. The predicted octanol–water partition coefficient (Wildman–Crippen LogP) is 3.70. The van der Waals surface area contributed by atoms with Crippen LogP contribution >= 0.6 is 0 Å². The molecular formula is C23H20N4O3. The van der Waals surface area contributed by atoms with Gasteiger partial charge in [-0.25, -0.2) is 0 Å². The molecule has 2 aliphatic rings. The first-order chi connectivity index (χ1) is 14.6. The second kappa shape index (κ2) is 6.85. The average molecular weight is 400 g/mol. The third kappa shape index (κ3) is 2.77. The van der Waals surface area contributed by atoms with E-state index in [-0.39, 0.29) is 12.7 Å². The van der Waals surface area contributed by atoms with E-state index in [2.05, 4.69) is 11.4 Å². The number of hydrogen-bond acceptors (Lipinski definition) is 5. The highest BCUT2D eigenvalue weighted by atomic mass is 16.7. The van der Waals surface area contributed by atoms with Crippen molar-refractivity contribution >= 4 is 11.6 Å². The largest absolute Gasteiger partial charge is 0.454 e. The molecule has 0 saturated carbocycles. The van der Waals surface area contributed by atoms with Crippen molar-refractivity contribution in [2.45, 2.75) is 19.6 Å². The molecule has 1 N–H and O–H groups in total. The molecule has 7 heteroatoms. The van der Waals surface area contributed by atoms with Crippen LogP contribution in [0, 0.1) is 18.3 Å². The molecule has 0 saturated heterocycles. The van der Waals surface area contributed by atoms with Crippen molar-refractivity contribution in [1.82, 2.24) is 9.47 Å². The summed E-state index contributed by atoms with van der Waals surface area (Å²) >= 11 is 0. The van der Waals surface area contributed by atoms with Crippen LogP contribution in [0.1, 0.15) is 39.0 Å². The number of hydrogen-bond donors (Lipinski definition) is 1. The van der Waals surface area contributed by atoms with Crippen molar-refractivity contribution in [3.63, 3.8) is 0 Å². The van der Waals surface area contributed by atoms with E-state index in [0.717, 1.165) is 22.5 Å². The van der Waals surface area contributed by atoms with Gasteiger partial charge in [-0.05, 0) is 42.8 Å². The van der Waals surface area contributed by atoms with Crippen molar-refractivity contribution in [3.8, 4) is 17.6 Å². The first-order valence-electron chi connectivity index (χ1n) is 9.68. The van der Waals surface area contributed by atoms with Crippen LogP contribution in [0.2, 0.25) is 0 Å². The number of rotatable bonds is 3. The van der Waals surface area contributed by atoms with Gasteiger partial charge in [0, 0.05) is 30.5 Å². The lowest BCUT2D eigenvalue weighted by Gasteiger charge is -2.38. The van der Waals surface area contributed by atoms with Gasteiger partial charge in [0.2, 0.25) is 6.79 Å². The van der Waals surface area contributed by atoms with Gasteiger partial charge < -0.3 is 24.3 Å². The van der Waals surface area contributed by atoms with Crippen LogP contribution in [0.15, 0.2) is 48.5 Å². The summed E-state index contributed by atoms with van der Waals surface area (Å²) in [7, 11) is 1.86. The standard InChI is InChI=1S/C23H20N4O3/c1-14-18(10-16(11-24)26(14)2)22-25-19-6-4-3-5-17(19)23(28)27(22)12-15-7-8-20-21(9-15)30-13-29-20/h3-10,22,25H,12-13H2,1-2H3/t22-/m0/s1. The number of carbonyl (C=O) groups excluding carboxylic acids is 1. The zero-order chi connectivity index (χ0) is 20.8. The van der Waals surface area contributed by atoms with Crippen LogP contribution in [0.3, 0.4) is 0 Å². The van der Waals surface area contributed by atoms with E-state index in [0.29, 0.717) is 29.3 Å². The molecule has 2 aliphatic heterocycles. The van der Waals surface area contributed by atoms with Gasteiger partial charge in [0.1, 0.15) is 17.9 Å². The average Bonchev–Trinajstić information content (AvgIpc) is 3.34. The smallest absolute Gasteiger partial charge is 0.258 e. The highest BCUT2D eigenvalue weighted by Gasteiger charge is 2.35. The summed E-state index contributed by atoms with van der Waals surface area (Å²) in [5.41, 5.74) is 4.75. The quantitative estimate of drug-likeness (QED) is 0.725. The van der Waals surface area contributed by atoms with Gasteiger partial charge in [-0.15, -0.1) is 0 Å². The number of nitrogens with zero attached hydrogens (tertiary/aromatic N) is 3. The second-order valence-corrected chi connectivity index (χ2v) is 7.45. The number of fused-ring (bicyclic) bond motifs is 2. The molecule has 0 fully saturated rings. The number of carbonyl (C=O) groups is 1. The van der Waals surface area contributed by atoms with Crippen molar-refractivity contribution in [2.75, 3.05) is 12.1 Å². The maximum atomic E-state index is 13.5. The monoisotopic (exact) mass is 400 g/mol. The molecular weight excluding hydrogens is 380 g/mol. The summed E-state index contributed by atoms with van der Waals surface area (Å²) < 4.78 is 12.7. The summed E-state index contributed by atoms with van der Waals surface area (Å²) in [5.74, 6) is 1.33. The molecule has 0 unspecified atom stereocenters. The Bertz CT molecular complexity index is 1210. The van der Waals surface area contributed by atoms with Crippen molar-refractivity contribution in [1.29, 1.82) is 5.26 Å². The lowest BCUT2D eigenvalue weighted by Crippen LogP contribution is -2.42. The van der Waals surface area contributed by atoms with Gasteiger partial charge in [0.15, 0.2) is 11.5 Å². The third-order valence-electron chi connectivity index (χ3n) is 5.80. The van der Waals surface area contributed by atoms with Gasteiger partial charge in [0.25, 0.3) is 5.91 Å². The lowest BCUT2D eigenvalue weighted by atomic mass is 10.0. The number of amides is 1. The van der Waals surface area contributed by atoms with Crippen LogP contribution < -0.4 is 14.8 Å². The summed E-state index contributed by atoms with van der Waals surface area (Å²) in [6.45, 7) is 2.55. The molecule has 3 heterocycles. The Kier molecular flexibility index (Phi) is 4.14. The second-order valence-electron chi connectivity index (χ2n) is 7.45. The van der Waals surface area contributed by atoms with Crippen LogP contribution in [-0.4, -0.2) is 22.2 Å². The lowest BCUT2D eigenvalue weighted by molar-refractivity contribution is 0.0666. The number of aromatic nitrogens is 1. The summed E-state index contributed by atoms with van der Waals surface area (Å²) in [6.07, 6.45) is -0.397. The minimum Gasteiger partial charge on any atom is -0.454 e. The van der Waals surface area contributed by atoms with Crippen molar-refractivity contribution < 1.29 is 14.3 Å². The van der Waals surface area contributed by atoms with Crippen LogP contribution in [-0.2, 0) is 13.6 Å². The Labute approximate surface area is 174 Å². The molecule has 3 aromatic rings. The van der Waals surface area contributed by atoms with Crippen LogP contribution in [0.25, 0.3) is 0 Å². The van der Waals surface area contributed by atoms with Crippen molar-refractivity contribution in [3.05, 3.63) is 76.6 Å². The molecule has 1 atom stereocenters. The Morgan fingerprint density at radius 1 is 1.17 bits per heavy atom. The molecule has 5 rings (SSSR count). The highest BCUT2D eigenvalue weighted by Crippen LogP contribution is 2.38. The first-order valence-corrected chi connectivity index (χ1v) is 9.68. The topological polar surface area (TPSA) is 79.5 Å². The Morgan fingerprint density at radius 3 is 2.77 bits per heavy atom. The summed E-state index contributed by atoms with van der Waals surface area (Å²) in [5, 5.41) is 13.0. The van der Waals surface area contributed by atoms with Crippen LogP contribution in [0.5, 0.6) is 11.5 Å². The third-order valence-corrected chi connectivity index (χ3v) is 5.80. The van der Waals surface area contributed by atoms with E-state index in [9.17, 15) is 10.1 Å². The fourth-order valence-corrected chi connectivity index (χ4v) is 4.04. The number of nitriles is 1. The number of anilines is 1. The van der Waals surface area contributed by atoms with Gasteiger partial charge in [0.05, 0.1) is 5.56 Å². The zero-order valence-electron chi connectivity index (χ0n) is 16.7. The van der Waals surface area contributed by atoms with Gasteiger partial charge in [-0.3, -0.25) is 4.79 Å². The molecule has 0 radical (unpaired) electrons. The highest BCUT2D eigenvalue weighted by molar-refractivity contribution is 6.01. The van der Waals surface area contributed by atoms with Crippen molar-refractivity contribution in [2.24, 2.45) is 7.05 Å². The maximum Gasteiger partial charge on any atom is 0.258 e. The molecule has 2 aromatic carbocycles. The number of para-hydroxylation sites is 1. The van der Waals surface area contributed by atoms with E-state index >= 15 is 0 Å². The maximum absolute atomic E-state index is 13.5. The molecule has 1 amide bonds. The number of ether oxygens (including phenoxy) is 2. The molecule has 7 nitrogen and oxygen atoms in total. The Morgan fingerprint density at radius 2 is 1.97 bits per heavy atom. The molecule has 30 heavy (non-hydrogen) atoms. The zero-order valence-corrected chi connectivity index (χ0v) is 16.7. The normalized spacial score (nSPS) is 16.8. The summed E-state index contributed by atoms with van der Waals surface area (Å²) in [4.78, 5) is 15.3. The molecule has 0 bridgehead atoms.